The maximum absolute atomic E-state index is 5.99. The molecule has 2 saturated heterocycles. The Balaban J connectivity index is 1.33. The summed E-state index contributed by atoms with van der Waals surface area (Å²) in [7, 11) is 2.16. The van der Waals surface area contributed by atoms with Gasteiger partial charge in [0.05, 0.1) is 13.2 Å². The van der Waals surface area contributed by atoms with E-state index in [0.717, 1.165) is 75.6 Å². The Morgan fingerprint density at radius 2 is 1.79 bits per heavy atom. The number of likely N-dealkylation sites (tertiary alicyclic amines) is 1. The average molecular weight is 402 g/mol. The molecule has 1 aromatic heterocycles. The highest BCUT2D eigenvalue weighted by atomic mass is 35.5. The van der Waals surface area contributed by atoms with E-state index in [0.29, 0.717) is 6.04 Å². The van der Waals surface area contributed by atoms with Crippen molar-refractivity contribution >= 4 is 23.4 Å². The minimum Gasteiger partial charge on any atom is -0.378 e. The van der Waals surface area contributed by atoms with Crippen LogP contribution >= 0.6 is 11.6 Å². The summed E-state index contributed by atoms with van der Waals surface area (Å²) in [6, 6.07) is 10.7. The zero-order valence-electron chi connectivity index (χ0n) is 16.4. The Kier molecular flexibility index (Phi) is 6.29. The maximum Gasteiger partial charge on any atom is 0.227 e. The van der Waals surface area contributed by atoms with Crippen LogP contribution in [0.3, 0.4) is 0 Å². The largest absolute Gasteiger partial charge is 0.378 e. The number of morpholine rings is 1. The van der Waals surface area contributed by atoms with Crippen LogP contribution in [0.1, 0.15) is 18.4 Å². The first-order valence-electron chi connectivity index (χ1n) is 10.0. The third-order valence-corrected chi connectivity index (χ3v) is 5.96. The predicted octanol–water partition coefficient (Wildman–Crippen LogP) is 3.07. The smallest absolute Gasteiger partial charge is 0.227 e. The number of rotatable bonds is 5. The van der Waals surface area contributed by atoms with Crippen LogP contribution in [-0.4, -0.2) is 67.4 Å². The van der Waals surface area contributed by atoms with Crippen molar-refractivity contribution in [2.45, 2.75) is 25.4 Å². The number of halogens is 1. The molecule has 150 valence electrons. The van der Waals surface area contributed by atoms with Gasteiger partial charge in [-0.2, -0.15) is 4.98 Å². The summed E-state index contributed by atoms with van der Waals surface area (Å²) in [5.74, 6) is 1.82. The van der Waals surface area contributed by atoms with E-state index >= 15 is 0 Å². The van der Waals surface area contributed by atoms with E-state index < -0.39 is 0 Å². The first-order chi connectivity index (χ1) is 13.7. The Bertz CT molecular complexity index is 758. The molecule has 0 saturated carbocycles. The summed E-state index contributed by atoms with van der Waals surface area (Å²) in [4.78, 5) is 16.3. The first-order valence-corrected chi connectivity index (χ1v) is 10.4. The fourth-order valence-corrected chi connectivity index (χ4v) is 4.08. The van der Waals surface area contributed by atoms with E-state index in [-0.39, 0.29) is 0 Å². The molecule has 1 aromatic carbocycles. The number of benzene rings is 1. The molecular weight excluding hydrogens is 374 g/mol. The average Bonchev–Trinajstić information content (AvgIpc) is 2.76. The zero-order valence-corrected chi connectivity index (χ0v) is 17.2. The molecule has 3 heterocycles. The number of hydrogen-bond acceptors (Lipinski definition) is 6. The second-order valence-electron chi connectivity index (χ2n) is 7.56. The van der Waals surface area contributed by atoms with Gasteiger partial charge in [0.2, 0.25) is 5.95 Å². The summed E-state index contributed by atoms with van der Waals surface area (Å²) < 4.78 is 5.43. The minimum atomic E-state index is 0.508. The molecule has 0 N–H and O–H groups in total. The molecule has 2 aliphatic rings. The third kappa shape index (κ3) is 4.74. The lowest BCUT2D eigenvalue weighted by atomic mass is 10.0. The third-order valence-electron chi connectivity index (χ3n) is 5.71. The molecule has 28 heavy (non-hydrogen) atoms. The van der Waals surface area contributed by atoms with Crippen LogP contribution in [0.2, 0.25) is 5.02 Å². The lowest BCUT2D eigenvalue weighted by Crippen LogP contribution is -2.43. The second kappa shape index (κ2) is 9.07. The van der Waals surface area contributed by atoms with Gasteiger partial charge in [0.15, 0.2) is 0 Å². The minimum absolute atomic E-state index is 0.508. The number of anilines is 2. The zero-order chi connectivity index (χ0) is 19.3. The van der Waals surface area contributed by atoms with Crippen LogP contribution in [0.15, 0.2) is 36.5 Å². The lowest BCUT2D eigenvalue weighted by molar-refractivity contribution is 0.122. The molecule has 2 aliphatic heterocycles. The van der Waals surface area contributed by atoms with Crippen LogP contribution in [-0.2, 0) is 11.3 Å². The molecule has 7 heteroatoms. The van der Waals surface area contributed by atoms with Gasteiger partial charge in [-0.1, -0.05) is 23.7 Å². The lowest BCUT2D eigenvalue weighted by Gasteiger charge is -2.37. The monoisotopic (exact) mass is 401 g/mol. The van der Waals surface area contributed by atoms with Gasteiger partial charge in [-0.25, -0.2) is 4.98 Å². The summed E-state index contributed by atoms with van der Waals surface area (Å²) in [5, 5.41) is 0.797. The van der Waals surface area contributed by atoms with Gasteiger partial charge in [0.1, 0.15) is 5.82 Å². The molecule has 0 bridgehead atoms. The summed E-state index contributed by atoms with van der Waals surface area (Å²) in [6.45, 7) is 6.39. The molecule has 4 rings (SSSR count). The predicted molar refractivity (Wildman–Crippen MR) is 113 cm³/mol. The number of nitrogens with zero attached hydrogens (tertiary/aromatic N) is 5. The Morgan fingerprint density at radius 3 is 2.50 bits per heavy atom. The standard InChI is InChI=1S/C21H28ClN5O/c1-25(20-6-9-23-21(24-20)27-12-14-28-15-13-27)19-7-10-26(11-8-19)16-17-2-4-18(22)5-3-17/h2-6,9,19H,7-8,10-16H2,1H3. The van der Waals surface area contributed by atoms with Crippen LogP contribution in [0.5, 0.6) is 0 Å². The molecule has 2 aromatic rings. The van der Waals surface area contributed by atoms with Crippen molar-refractivity contribution in [3.63, 3.8) is 0 Å². The SMILES string of the molecule is CN(c1ccnc(N2CCOCC2)n1)C1CCN(Cc2ccc(Cl)cc2)CC1. The van der Waals surface area contributed by atoms with E-state index in [1.165, 1.54) is 5.56 Å². The van der Waals surface area contributed by atoms with Crippen molar-refractivity contribution in [1.29, 1.82) is 0 Å². The van der Waals surface area contributed by atoms with Crippen molar-refractivity contribution in [1.82, 2.24) is 14.9 Å². The van der Waals surface area contributed by atoms with Gasteiger partial charge in [-0.05, 0) is 36.6 Å². The number of ether oxygens (including phenoxy) is 1. The van der Waals surface area contributed by atoms with E-state index in [1.54, 1.807) is 0 Å². The Morgan fingerprint density at radius 1 is 1.07 bits per heavy atom. The summed E-state index contributed by atoms with van der Waals surface area (Å²) in [6.07, 6.45) is 4.15. The highest BCUT2D eigenvalue weighted by molar-refractivity contribution is 6.30. The van der Waals surface area contributed by atoms with Crippen LogP contribution in [0.25, 0.3) is 0 Å². The highest BCUT2D eigenvalue weighted by Gasteiger charge is 2.24. The molecule has 0 radical (unpaired) electrons. The van der Waals surface area contributed by atoms with Gasteiger partial charge in [0.25, 0.3) is 0 Å². The first kappa shape index (κ1) is 19.4. The summed E-state index contributed by atoms with van der Waals surface area (Å²) >= 11 is 5.99. The Hall–Kier alpha value is -1.89. The molecule has 0 amide bonds. The van der Waals surface area contributed by atoms with Crippen LogP contribution in [0, 0.1) is 0 Å². The number of aromatic nitrogens is 2. The van der Waals surface area contributed by atoms with Crippen molar-refractivity contribution in [2.75, 3.05) is 56.2 Å². The van der Waals surface area contributed by atoms with Crippen molar-refractivity contribution in [3.05, 3.63) is 47.1 Å². The van der Waals surface area contributed by atoms with Crippen molar-refractivity contribution < 1.29 is 4.74 Å². The van der Waals surface area contributed by atoms with Crippen molar-refractivity contribution in [2.24, 2.45) is 0 Å². The van der Waals surface area contributed by atoms with Crippen molar-refractivity contribution in [3.8, 4) is 0 Å². The number of hydrogen-bond donors (Lipinski definition) is 0. The Labute approximate surface area is 172 Å². The molecule has 6 nitrogen and oxygen atoms in total. The molecule has 0 unspecified atom stereocenters. The van der Waals surface area contributed by atoms with E-state index in [9.17, 15) is 0 Å². The fourth-order valence-electron chi connectivity index (χ4n) is 3.95. The van der Waals surface area contributed by atoms with E-state index in [4.69, 9.17) is 21.3 Å². The fraction of sp³-hybridized carbons (Fsp3) is 0.524. The van der Waals surface area contributed by atoms with Gasteiger partial charge in [-0.15, -0.1) is 0 Å². The molecule has 2 fully saturated rings. The molecule has 0 atom stereocenters. The quantitative estimate of drug-likeness (QED) is 0.767. The van der Waals surface area contributed by atoms with Gasteiger partial charge in [-0.3, -0.25) is 4.90 Å². The summed E-state index contributed by atoms with van der Waals surface area (Å²) in [5.41, 5.74) is 1.32. The molecule has 0 aliphatic carbocycles. The maximum atomic E-state index is 5.99. The van der Waals surface area contributed by atoms with Crippen LogP contribution < -0.4 is 9.80 Å². The van der Waals surface area contributed by atoms with Gasteiger partial charge >= 0.3 is 0 Å². The topological polar surface area (TPSA) is 44.7 Å². The number of piperidine rings is 1. The van der Waals surface area contributed by atoms with Gasteiger partial charge < -0.3 is 14.5 Å². The van der Waals surface area contributed by atoms with Gasteiger partial charge in [0, 0.05) is 57.0 Å². The molecule has 0 spiro atoms. The molecular formula is C21H28ClN5O. The van der Waals surface area contributed by atoms with E-state index in [1.807, 2.05) is 24.4 Å². The van der Waals surface area contributed by atoms with Crippen LogP contribution in [0.4, 0.5) is 11.8 Å². The normalized spacial score (nSPS) is 19.0. The highest BCUT2D eigenvalue weighted by Crippen LogP contribution is 2.23. The van der Waals surface area contributed by atoms with E-state index in [2.05, 4.69) is 38.9 Å². The second-order valence-corrected chi connectivity index (χ2v) is 8.00.